The van der Waals surface area contributed by atoms with Gasteiger partial charge in [0.2, 0.25) is 0 Å². The number of hydrogen-bond donors (Lipinski definition) is 0. The Morgan fingerprint density at radius 2 is 1.83 bits per heavy atom. The van der Waals surface area contributed by atoms with E-state index in [0.29, 0.717) is 0 Å². The molecule has 0 atom stereocenters. The predicted octanol–water partition coefficient (Wildman–Crippen LogP) is 2.99. The lowest BCUT2D eigenvalue weighted by Gasteiger charge is -2.39. The molecular weight excluding hydrogens is 250 g/mol. The third kappa shape index (κ3) is 2.22. The van der Waals surface area contributed by atoms with Crippen LogP contribution in [0.15, 0.2) is 18.2 Å². The van der Waals surface area contributed by atoms with Gasteiger partial charge >= 0.3 is 0 Å². The maximum Gasteiger partial charge on any atom is 0.171 e. The van der Waals surface area contributed by atoms with Gasteiger partial charge in [-0.15, -0.1) is 0 Å². The number of halogens is 1. The Hall–Kier alpha value is -0.770. The molecule has 18 heavy (non-hydrogen) atoms. The minimum absolute atomic E-state index is 0.312. The molecule has 3 rings (SSSR count). The zero-order valence-electron chi connectivity index (χ0n) is 10.6. The summed E-state index contributed by atoms with van der Waals surface area (Å²) in [6.45, 7) is 5.38. The van der Waals surface area contributed by atoms with Crippen LogP contribution >= 0.6 is 11.6 Å². The average Bonchev–Trinajstić information content (AvgIpc) is 2.80. The van der Waals surface area contributed by atoms with Crippen molar-refractivity contribution in [2.45, 2.75) is 25.6 Å². The highest BCUT2D eigenvalue weighted by Crippen LogP contribution is 2.35. The SMILES string of the molecule is Cc1ccc(N2CCC3(CC2)OCCO3)c(Cl)c1. The minimum atomic E-state index is -0.312. The second-order valence-corrected chi connectivity index (χ2v) is 5.46. The van der Waals surface area contributed by atoms with Gasteiger partial charge < -0.3 is 14.4 Å². The molecule has 0 N–H and O–H groups in total. The lowest BCUT2D eigenvalue weighted by Crippen LogP contribution is -2.45. The lowest BCUT2D eigenvalue weighted by molar-refractivity contribution is -0.169. The fraction of sp³-hybridized carbons (Fsp3) is 0.571. The standard InChI is InChI=1S/C14H18ClNO2/c1-11-2-3-13(12(15)10-11)16-6-4-14(5-7-16)17-8-9-18-14/h2-3,10H,4-9H2,1H3. The van der Waals surface area contributed by atoms with Crippen molar-refractivity contribution in [1.82, 2.24) is 0 Å². The van der Waals surface area contributed by atoms with Gasteiger partial charge in [-0.1, -0.05) is 17.7 Å². The second-order valence-electron chi connectivity index (χ2n) is 5.05. The summed E-state index contributed by atoms with van der Waals surface area (Å²) in [6, 6.07) is 6.23. The summed E-state index contributed by atoms with van der Waals surface area (Å²) < 4.78 is 11.5. The van der Waals surface area contributed by atoms with Gasteiger partial charge in [-0.3, -0.25) is 0 Å². The third-order valence-corrected chi connectivity index (χ3v) is 4.09. The van der Waals surface area contributed by atoms with E-state index in [4.69, 9.17) is 21.1 Å². The number of anilines is 1. The molecule has 0 aromatic heterocycles. The molecule has 2 heterocycles. The predicted molar refractivity (Wildman–Crippen MR) is 72.3 cm³/mol. The summed E-state index contributed by atoms with van der Waals surface area (Å²) in [5.74, 6) is -0.312. The van der Waals surface area contributed by atoms with Crippen molar-refractivity contribution < 1.29 is 9.47 Å². The first kappa shape index (κ1) is 12.3. The summed E-state index contributed by atoms with van der Waals surface area (Å²) >= 11 is 6.31. The van der Waals surface area contributed by atoms with Gasteiger partial charge in [0.25, 0.3) is 0 Å². The van der Waals surface area contributed by atoms with Gasteiger partial charge in [-0.05, 0) is 24.6 Å². The lowest BCUT2D eigenvalue weighted by atomic mass is 10.0. The first-order valence-electron chi connectivity index (χ1n) is 6.48. The number of piperidine rings is 1. The van der Waals surface area contributed by atoms with E-state index in [-0.39, 0.29) is 5.79 Å². The Labute approximate surface area is 113 Å². The molecule has 0 saturated carbocycles. The van der Waals surface area contributed by atoms with Crippen LogP contribution in [0.2, 0.25) is 5.02 Å². The molecule has 1 aromatic rings. The average molecular weight is 268 g/mol. The largest absolute Gasteiger partial charge is 0.370 e. The van der Waals surface area contributed by atoms with Gasteiger partial charge in [0, 0.05) is 25.9 Å². The molecule has 1 spiro atoms. The zero-order valence-corrected chi connectivity index (χ0v) is 11.4. The topological polar surface area (TPSA) is 21.7 Å². The van der Waals surface area contributed by atoms with Crippen molar-refractivity contribution in [2.75, 3.05) is 31.2 Å². The van der Waals surface area contributed by atoms with E-state index >= 15 is 0 Å². The molecule has 1 aromatic carbocycles. The van der Waals surface area contributed by atoms with Crippen molar-refractivity contribution in [2.24, 2.45) is 0 Å². The Bertz CT molecular complexity index is 433. The zero-order chi connectivity index (χ0) is 12.6. The number of aryl methyl sites for hydroxylation is 1. The van der Waals surface area contributed by atoms with Crippen molar-refractivity contribution in [1.29, 1.82) is 0 Å². The maximum absolute atomic E-state index is 6.31. The van der Waals surface area contributed by atoms with Crippen molar-refractivity contribution in [3.8, 4) is 0 Å². The van der Waals surface area contributed by atoms with Crippen LogP contribution in [-0.2, 0) is 9.47 Å². The van der Waals surface area contributed by atoms with Crippen molar-refractivity contribution in [3.05, 3.63) is 28.8 Å². The second kappa shape index (κ2) is 4.72. The summed E-state index contributed by atoms with van der Waals surface area (Å²) in [4.78, 5) is 2.32. The number of hydrogen-bond acceptors (Lipinski definition) is 3. The van der Waals surface area contributed by atoms with Crippen LogP contribution in [0, 0.1) is 6.92 Å². The minimum Gasteiger partial charge on any atom is -0.370 e. The highest BCUT2D eigenvalue weighted by Gasteiger charge is 2.39. The Balaban J connectivity index is 1.72. The molecular formula is C14H18ClNO2. The van der Waals surface area contributed by atoms with Gasteiger partial charge in [-0.2, -0.15) is 0 Å². The van der Waals surface area contributed by atoms with E-state index in [0.717, 1.165) is 49.9 Å². The number of nitrogens with zero attached hydrogens (tertiary/aromatic N) is 1. The van der Waals surface area contributed by atoms with Gasteiger partial charge in [0.05, 0.1) is 23.9 Å². The molecule has 0 bridgehead atoms. The molecule has 2 saturated heterocycles. The number of rotatable bonds is 1. The van der Waals surface area contributed by atoms with Gasteiger partial charge in [0.15, 0.2) is 5.79 Å². The molecule has 2 fully saturated rings. The number of benzene rings is 1. The van der Waals surface area contributed by atoms with Crippen LogP contribution in [0.25, 0.3) is 0 Å². The van der Waals surface area contributed by atoms with E-state index in [1.807, 2.05) is 6.07 Å². The fourth-order valence-corrected chi connectivity index (χ4v) is 3.10. The smallest absolute Gasteiger partial charge is 0.171 e. The maximum atomic E-state index is 6.31. The molecule has 0 aliphatic carbocycles. The molecule has 0 amide bonds. The normalized spacial score (nSPS) is 22.7. The Morgan fingerprint density at radius 3 is 2.44 bits per heavy atom. The molecule has 2 aliphatic heterocycles. The van der Waals surface area contributed by atoms with Gasteiger partial charge in [0.1, 0.15) is 0 Å². The van der Waals surface area contributed by atoms with E-state index in [1.54, 1.807) is 0 Å². The first-order valence-corrected chi connectivity index (χ1v) is 6.85. The summed E-state index contributed by atoms with van der Waals surface area (Å²) in [5, 5.41) is 0.833. The van der Waals surface area contributed by atoms with Crippen LogP contribution in [0.5, 0.6) is 0 Å². The highest BCUT2D eigenvalue weighted by molar-refractivity contribution is 6.33. The van der Waals surface area contributed by atoms with Crippen molar-refractivity contribution >= 4 is 17.3 Å². The Kier molecular flexibility index (Phi) is 3.22. The Morgan fingerprint density at radius 1 is 1.17 bits per heavy atom. The monoisotopic (exact) mass is 267 g/mol. The van der Waals surface area contributed by atoms with Gasteiger partial charge in [-0.25, -0.2) is 0 Å². The summed E-state index contributed by atoms with van der Waals surface area (Å²) in [6.07, 6.45) is 1.83. The molecule has 3 nitrogen and oxygen atoms in total. The third-order valence-electron chi connectivity index (χ3n) is 3.78. The quantitative estimate of drug-likeness (QED) is 0.781. The van der Waals surface area contributed by atoms with E-state index < -0.39 is 0 Å². The number of ether oxygens (including phenoxy) is 2. The van der Waals surface area contributed by atoms with E-state index in [1.165, 1.54) is 5.56 Å². The van der Waals surface area contributed by atoms with E-state index in [2.05, 4.69) is 24.0 Å². The van der Waals surface area contributed by atoms with Crippen molar-refractivity contribution in [3.63, 3.8) is 0 Å². The summed E-state index contributed by atoms with van der Waals surface area (Å²) in [5.41, 5.74) is 2.31. The van der Waals surface area contributed by atoms with Crippen LogP contribution in [0.4, 0.5) is 5.69 Å². The fourth-order valence-electron chi connectivity index (χ4n) is 2.74. The molecule has 98 valence electrons. The molecule has 2 aliphatic rings. The molecule has 4 heteroatoms. The highest BCUT2D eigenvalue weighted by atomic mass is 35.5. The first-order chi connectivity index (χ1) is 8.69. The van der Waals surface area contributed by atoms with Crippen LogP contribution in [0.1, 0.15) is 18.4 Å². The van der Waals surface area contributed by atoms with E-state index in [9.17, 15) is 0 Å². The van der Waals surface area contributed by atoms with Crippen LogP contribution < -0.4 is 4.90 Å². The molecule has 0 radical (unpaired) electrons. The van der Waals surface area contributed by atoms with Crippen LogP contribution in [-0.4, -0.2) is 32.1 Å². The molecule has 0 unspecified atom stereocenters. The van der Waals surface area contributed by atoms with Crippen LogP contribution in [0.3, 0.4) is 0 Å². The summed E-state index contributed by atoms with van der Waals surface area (Å²) in [7, 11) is 0.